The first-order valence-corrected chi connectivity index (χ1v) is 7.19. The number of hydrogen-bond donors (Lipinski definition) is 1. The smallest absolute Gasteiger partial charge is 0.126 e. The van der Waals surface area contributed by atoms with Crippen molar-refractivity contribution in [3.05, 3.63) is 35.4 Å². The number of hydrogen-bond acceptors (Lipinski definition) is 1. The van der Waals surface area contributed by atoms with Crippen LogP contribution in [0.3, 0.4) is 0 Å². The zero-order chi connectivity index (χ0) is 13.9. The number of rotatable bonds is 5. The highest BCUT2D eigenvalue weighted by atomic mass is 19.1. The third-order valence-corrected chi connectivity index (χ3v) is 4.07. The van der Waals surface area contributed by atoms with Gasteiger partial charge in [-0.2, -0.15) is 0 Å². The molecule has 0 heterocycles. The number of halogens is 2. The second-order valence-electron chi connectivity index (χ2n) is 6.16. The Balaban J connectivity index is 1.98. The van der Waals surface area contributed by atoms with Crippen molar-refractivity contribution in [1.82, 2.24) is 5.32 Å². The van der Waals surface area contributed by atoms with E-state index in [1.807, 2.05) is 0 Å². The highest BCUT2D eigenvalue weighted by Gasteiger charge is 2.34. The summed E-state index contributed by atoms with van der Waals surface area (Å²) in [6.45, 7) is 5.44. The molecule has 106 valence electrons. The number of benzene rings is 1. The minimum absolute atomic E-state index is 0.158. The van der Waals surface area contributed by atoms with Crippen LogP contribution in [0.1, 0.15) is 45.1 Å². The lowest BCUT2D eigenvalue weighted by atomic mass is 9.82. The molecule has 1 aliphatic rings. The fourth-order valence-corrected chi connectivity index (χ4v) is 3.21. The standard InChI is InChI=1S/C16H23F2N/c1-3-6-19-15-4-5-16(2,11-15)10-12-7-13(17)9-14(18)8-12/h7-9,15,19H,3-6,10-11H2,1-2H3. The minimum atomic E-state index is -0.475. The quantitative estimate of drug-likeness (QED) is 0.848. The van der Waals surface area contributed by atoms with E-state index >= 15 is 0 Å². The van der Waals surface area contributed by atoms with Crippen molar-refractivity contribution in [2.45, 2.75) is 52.0 Å². The summed E-state index contributed by atoms with van der Waals surface area (Å²) >= 11 is 0. The number of nitrogens with one attached hydrogen (secondary N) is 1. The van der Waals surface area contributed by atoms with E-state index in [-0.39, 0.29) is 5.41 Å². The van der Waals surface area contributed by atoms with Crippen LogP contribution >= 0.6 is 0 Å². The lowest BCUT2D eigenvalue weighted by molar-refractivity contribution is 0.321. The van der Waals surface area contributed by atoms with E-state index in [1.165, 1.54) is 12.1 Å². The van der Waals surface area contributed by atoms with Gasteiger partial charge >= 0.3 is 0 Å². The first kappa shape index (κ1) is 14.4. The van der Waals surface area contributed by atoms with Gasteiger partial charge in [0, 0.05) is 12.1 Å². The molecule has 0 amide bonds. The van der Waals surface area contributed by atoms with Crippen LogP contribution in [0, 0.1) is 17.0 Å². The molecular formula is C16H23F2N. The summed E-state index contributed by atoms with van der Waals surface area (Å²) in [5.41, 5.74) is 0.933. The lowest BCUT2D eigenvalue weighted by Crippen LogP contribution is -2.29. The molecule has 2 unspecified atom stereocenters. The van der Waals surface area contributed by atoms with Crippen molar-refractivity contribution in [2.75, 3.05) is 6.54 Å². The average Bonchev–Trinajstić information content (AvgIpc) is 2.66. The van der Waals surface area contributed by atoms with E-state index in [9.17, 15) is 8.78 Å². The van der Waals surface area contributed by atoms with Crippen LogP contribution in [0.15, 0.2) is 18.2 Å². The molecule has 1 N–H and O–H groups in total. The zero-order valence-electron chi connectivity index (χ0n) is 11.8. The Morgan fingerprint density at radius 2 is 1.95 bits per heavy atom. The van der Waals surface area contributed by atoms with Crippen LogP contribution in [0.2, 0.25) is 0 Å². The van der Waals surface area contributed by atoms with E-state index in [1.54, 1.807) is 0 Å². The third-order valence-electron chi connectivity index (χ3n) is 4.07. The Labute approximate surface area is 114 Å². The molecule has 0 saturated heterocycles. The fraction of sp³-hybridized carbons (Fsp3) is 0.625. The van der Waals surface area contributed by atoms with E-state index in [0.29, 0.717) is 6.04 Å². The second kappa shape index (κ2) is 6.00. The SMILES string of the molecule is CCCNC1CCC(C)(Cc2cc(F)cc(F)c2)C1. The Kier molecular flexibility index (Phi) is 4.56. The second-order valence-corrected chi connectivity index (χ2v) is 6.16. The van der Waals surface area contributed by atoms with Crippen LogP contribution in [0.4, 0.5) is 8.78 Å². The van der Waals surface area contributed by atoms with E-state index < -0.39 is 11.6 Å². The maximum atomic E-state index is 13.2. The molecule has 3 heteroatoms. The van der Waals surface area contributed by atoms with E-state index in [4.69, 9.17) is 0 Å². The molecule has 1 aromatic rings. The van der Waals surface area contributed by atoms with Gasteiger partial charge in [-0.15, -0.1) is 0 Å². The van der Waals surface area contributed by atoms with Crippen molar-refractivity contribution >= 4 is 0 Å². The Morgan fingerprint density at radius 1 is 1.26 bits per heavy atom. The largest absolute Gasteiger partial charge is 0.314 e. The molecule has 0 spiro atoms. The van der Waals surface area contributed by atoms with Crippen LogP contribution in [0.5, 0.6) is 0 Å². The Hall–Kier alpha value is -0.960. The van der Waals surface area contributed by atoms with Gasteiger partial charge in [-0.3, -0.25) is 0 Å². The van der Waals surface area contributed by atoms with Crippen molar-refractivity contribution in [1.29, 1.82) is 0 Å². The molecule has 2 rings (SSSR count). The summed E-state index contributed by atoms with van der Waals surface area (Å²) in [6.07, 6.45) is 5.26. The van der Waals surface area contributed by atoms with Crippen molar-refractivity contribution in [3.63, 3.8) is 0 Å². The molecule has 1 nitrogen and oxygen atoms in total. The van der Waals surface area contributed by atoms with E-state index in [0.717, 1.165) is 50.3 Å². The van der Waals surface area contributed by atoms with Gasteiger partial charge in [0.15, 0.2) is 0 Å². The molecule has 1 saturated carbocycles. The Morgan fingerprint density at radius 3 is 2.58 bits per heavy atom. The Bertz CT molecular complexity index is 413. The molecule has 1 fully saturated rings. The van der Waals surface area contributed by atoms with Crippen LogP contribution < -0.4 is 5.32 Å². The van der Waals surface area contributed by atoms with Gasteiger partial charge in [0.25, 0.3) is 0 Å². The van der Waals surface area contributed by atoms with E-state index in [2.05, 4.69) is 19.2 Å². The normalized spacial score (nSPS) is 26.8. The predicted octanol–water partition coefficient (Wildman–Crippen LogP) is 4.07. The molecule has 0 aromatic heterocycles. The summed E-state index contributed by atoms with van der Waals surface area (Å²) in [5.74, 6) is -0.950. The highest BCUT2D eigenvalue weighted by Crippen LogP contribution is 2.40. The highest BCUT2D eigenvalue weighted by molar-refractivity contribution is 5.19. The summed E-state index contributed by atoms with van der Waals surface area (Å²) in [7, 11) is 0. The monoisotopic (exact) mass is 267 g/mol. The topological polar surface area (TPSA) is 12.0 Å². The van der Waals surface area contributed by atoms with Crippen LogP contribution in [0.25, 0.3) is 0 Å². The van der Waals surface area contributed by atoms with Gasteiger partial charge < -0.3 is 5.32 Å². The van der Waals surface area contributed by atoms with Crippen LogP contribution in [-0.2, 0) is 6.42 Å². The van der Waals surface area contributed by atoms with Gasteiger partial charge in [-0.1, -0.05) is 13.8 Å². The van der Waals surface area contributed by atoms with Crippen molar-refractivity contribution in [2.24, 2.45) is 5.41 Å². The summed E-state index contributed by atoms with van der Waals surface area (Å²) < 4.78 is 26.4. The van der Waals surface area contributed by atoms with Crippen LogP contribution in [-0.4, -0.2) is 12.6 Å². The predicted molar refractivity (Wildman–Crippen MR) is 74.1 cm³/mol. The first-order chi connectivity index (χ1) is 9.00. The summed E-state index contributed by atoms with van der Waals surface area (Å²) in [6, 6.07) is 4.41. The molecular weight excluding hydrogens is 244 g/mol. The van der Waals surface area contributed by atoms with Crippen molar-refractivity contribution in [3.8, 4) is 0 Å². The zero-order valence-corrected chi connectivity index (χ0v) is 11.8. The van der Waals surface area contributed by atoms with Gasteiger partial charge in [-0.05, 0) is 61.8 Å². The van der Waals surface area contributed by atoms with Gasteiger partial charge in [-0.25, -0.2) is 8.78 Å². The molecule has 0 bridgehead atoms. The maximum Gasteiger partial charge on any atom is 0.126 e. The van der Waals surface area contributed by atoms with Crippen molar-refractivity contribution < 1.29 is 8.78 Å². The third kappa shape index (κ3) is 4.00. The maximum absolute atomic E-state index is 13.2. The fourth-order valence-electron chi connectivity index (χ4n) is 3.21. The first-order valence-electron chi connectivity index (χ1n) is 7.19. The van der Waals surface area contributed by atoms with Gasteiger partial charge in [0.05, 0.1) is 0 Å². The minimum Gasteiger partial charge on any atom is -0.314 e. The summed E-state index contributed by atoms with van der Waals surface area (Å²) in [5, 5.41) is 3.55. The molecule has 0 radical (unpaired) electrons. The molecule has 1 aromatic carbocycles. The molecule has 0 aliphatic heterocycles. The molecule has 19 heavy (non-hydrogen) atoms. The average molecular weight is 267 g/mol. The van der Waals surface area contributed by atoms with Gasteiger partial charge in [0.1, 0.15) is 11.6 Å². The summed E-state index contributed by atoms with van der Waals surface area (Å²) in [4.78, 5) is 0. The van der Waals surface area contributed by atoms with Gasteiger partial charge in [0.2, 0.25) is 0 Å². The molecule has 2 atom stereocenters. The molecule has 1 aliphatic carbocycles. The lowest BCUT2D eigenvalue weighted by Gasteiger charge is -2.24.